The van der Waals surface area contributed by atoms with Gasteiger partial charge < -0.3 is 21.4 Å². The van der Waals surface area contributed by atoms with Gasteiger partial charge in [0.05, 0.1) is 13.2 Å². The van der Waals surface area contributed by atoms with Gasteiger partial charge in [-0.1, -0.05) is 0 Å². The molecule has 1 rings (SSSR count). The van der Waals surface area contributed by atoms with Gasteiger partial charge in [0.15, 0.2) is 5.96 Å². The summed E-state index contributed by atoms with van der Waals surface area (Å²) in [5.74, 6) is 0.448. The van der Waals surface area contributed by atoms with Crippen LogP contribution in [0, 0.1) is 0 Å². The van der Waals surface area contributed by atoms with Crippen LogP contribution >= 0.6 is 0 Å². The van der Waals surface area contributed by atoms with Crippen LogP contribution in [0.2, 0.25) is 0 Å². The molecule has 1 aromatic rings. The molecule has 13 heavy (non-hydrogen) atoms. The monoisotopic (exact) mass is 181 g/mol. The lowest BCUT2D eigenvalue weighted by atomic mass is 10.4. The van der Waals surface area contributed by atoms with E-state index in [0.29, 0.717) is 19.2 Å². The Kier molecular flexibility index (Phi) is 3.84. The van der Waals surface area contributed by atoms with Crippen LogP contribution in [-0.4, -0.2) is 24.7 Å². The molecule has 0 atom stereocenters. The van der Waals surface area contributed by atoms with E-state index in [1.54, 1.807) is 0 Å². The van der Waals surface area contributed by atoms with E-state index >= 15 is 0 Å². The van der Waals surface area contributed by atoms with E-state index in [9.17, 15) is 0 Å². The van der Waals surface area contributed by atoms with Crippen molar-refractivity contribution in [1.29, 1.82) is 0 Å². The van der Waals surface area contributed by atoms with Crippen LogP contribution in [0.1, 0.15) is 5.69 Å². The minimum Gasteiger partial charge on any atom is -0.370 e. The zero-order chi connectivity index (χ0) is 9.52. The van der Waals surface area contributed by atoms with Crippen LogP contribution in [0.5, 0.6) is 0 Å². The lowest BCUT2D eigenvalue weighted by molar-refractivity contribution is 0.752. The van der Waals surface area contributed by atoms with E-state index in [2.05, 4.69) is 20.6 Å². The van der Waals surface area contributed by atoms with Crippen LogP contribution in [0.3, 0.4) is 0 Å². The Bertz CT molecular complexity index is 252. The molecule has 0 bridgehead atoms. The van der Waals surface area contributed by atoms with Gasteiger partial charge in [-0.2, -0.15) is 0 Å². The van der Waals surface area contributed by atoms with Crippen molar-refractivity contribution >= 4 is 5.96 Å². The van der Waals surface area contributed by atoms with E-state index in [1.807, 2.05) is 25.4 Å². The van der Waals surface area contributed by atoms with Gasteiger partial charge in [0.25, 0.3) is 0 Å². The highest BCUT2D eigenvalue weighted by atomic mass is 15.2. The van der Waals surface area contributed by atoms with E-state index in [-0.39, 0.29) is 0 Å². The highest BCUT2D eigenvalue weighted by molar-refractivity contribution is 5.77. The van der Waals surface area contributed by atoms with Crippen molar-refractivity contribution in [2.45, 2.75) is 6.54 Å². The van der Waals surface area contributed by atoms with Crippen molar-refractivity contribution in [3.8, 4) is 0 Å². The third kappa shape index (κ3) is 3.62. The Hall–Kier alpha value is -1.49. The van der Waals surface area contributed by atoms with Gasteiger partial charge in [-0.15, -0.1) is 0 Å². The first kappa shape index (κ1) is 9.60. The van der Waals surface area contributed by atoms with Gasteiger partial charge in [0.1, 0.15) is 0 Å². The second kappa shape index (κ2) is 5.21. The fraction of sp³-hybridized carbons (Fsp3) is 0.375. The number of nitrogens with zero attached hydrogens (tertiary/aromatic N) is 1. The average Bonchev–Trinajstić information content (AvgIpc) is 2.64. The van der Waals surface area contributed by atoms with E-state index < -0.39 is 0 Å². The van der Waals surface area contributed by atoms with Crippen molar-refractivity contribution in [1.82, 2.24) is 15.6 Å². The maximum absolute atomic E-state index is 5.56. The first-order chi connectivity index (χ1) is 6.33. The van der Waals surface area contributed by atoms with Gasteiger partial charge in [-0.05, 0) is 19.2 Å². The lowest BCUT2D eigenvalue weighted by Crippen LogP contribution is -2.37. The summed E-state index contributed by atoms with van der Waals surface area (Å²) in [4.78, 5) is 7.16. The number of aromatic nitrogens is 1. The molecule has 1 heterocycles. The molecule has 0 aromatic carbocycles. The summed E-state index contributed by atoms with van der Waals surface area (Å²) in [6.07, 6.45) is 1.86. The Labute approximate surface area is 77.4 Å². The first-order valence-electron chi connectivity index (χ1n) is 4.13. The van der Waals surface area contributed by atoms with Gasteiger partial charge in [-0.25, -0.2) is 4.99 Å². The Morgan fingerprint density at radius 2 is 2.54 bits per heavy atom. The summed E-state index contributed by atoms with van der Waals surface area (Å²) in [5, 5.41) is 5.81. The highest BCUT2D eigenvalue weighted by Crippen LogP contribution is 1.95. The van der Waals surface area contributed by atoms with Crippen LogP contribution < -0.4 is 16.4 Å². The molecule has 5 N–H and O–H groups in total. The molecule has 0 fully saturated rings. The highest BCUT2D eigenvalue weighted by Gasteiger charge is 1.91. The summed E-state index contributed by atoms with van der Waals surface area (Å²) >= 11 is 0. The quantitative estimate of drug-likeness (QED) is 0.290. The number of H-pyrrole nitrogens is 1. The molecule has 0 aliphatic carbocycles. The Morgan fingerprint density at radius 3 is 3.15 bits per heavy atom. The molecule has 0 radical (unpaired) electrons. The molecule has 0 aliphatic heterocycles. The molecular weight excluding hydrogens is 166 g/mol. The summed E-state index contributed by atoms with van der Waals surface area (Å²) in [6, 6.07) is 3.90. The number of rotatable bonds is 4. The fourth-order valence-electron chi connectivity index (χ4n) is 0.871. The molecule has 0 unspecified atom stereocenters. The summed E-state index contributed by atoms with van der Waals surface area (Å²) in [5.41, 5.74) is 6.61. The number of hydrogen-bond donors (Lipinski definition) is 4. The van der Waals surface area contributed by atoms with Crippen LogP contribution in [-0.2, 0) is 6.54 Å². The third-order valence-corrected chi connectivity index (χ3v) is 1.53. The molecule has 0 saturated carbocycles. The number of nitrogens with two attached hydrogens (primary N) is 1. The van der Waals surface area contributed by atoms with Gasteiger partial charge >= 0.3 is 0 Å². The number of guanidine groups is 1. The topological polar surface area (TPSA) is 78.2 Å². The van der Waals surface area contributed by atoms with Crippen molar-refractivity contribution < 1.29 is 0 Å². The molecule has 72 valence electrons. The molecule has 1 aromatic heterocycles. The molecule has 0 amide bonds. The fourth-order valence-corrected chi connectivity index (χ4v) is 0.871. The molecular formula is C8H15N5. The predicted octanol–water partition coefficient (Wildman–Crippen LogP) is -0.404. The smallest absolute Gasteiger partial charge is 0.189 e. The first-order valence-corrected chi connectivity index (χ1v) is 4.13. The maximum Gasteiger partial charge on any atom is 0.189 e. The van der Waals surface area contributed by atoms with Gasteiger partial charge in [0.2, 0.25) is 0 Å². The van der Waals surface area contributed by atoms with Gasteiger partial charge in [0, 0.05) is 11.9 Å². The van der Waals surface area contributed by atoms with Crippen LogP contribution in [0.4, 0.5) is 0 Å². The van der Waals surface area contributed by atoms with Crippen LogP contribution in [0.25, 0.3) is 0 Å². The average molecular weight is 181 g/mol. The van der Waals surface area contributed by atoms with Crippen molar-refractivity contribution in [2.24, 2.45) is 10.7 Å². The van der Waals surface area contributed by atoms with Crippen molar-refractivity contribution in [2.75, 3.05) is 13.7 Å². The summed E-state index contributed by atoms with van der Waals surface area (Å²) < 4.78 is 0. The van der Waals surface area contributed by atoms with E-state index in [0.717, 1.165) is 5.69 Å². The SMILES string of the molecule is CNCNC(N)=NCc1ccc[nH]1. The number of aliphatic imine (C=N–C) groups is 1. The molecule has 0 spiro atoms. The third-order valence-electron chi connectivity index (χ3n) is 1.53. The molecule has 0 saturated heterocycles. The van der Waals surface area contributed by atoms with E-state index in [4.69, 9.17) is 5.73 Å². The minimum atomic E-state index is 0.448. The largest absolute Gasteiger partial charge is 0.370 e. The molecule has 5 heteroatoms. The number of hydrogen-bond acceptors (Lipinski definition) is 2. The Balaban J connectivity index is 2.30. The maximum atomic E-state index is 5.56. The van der Waals surface area contributed by atoms with Crippen molar-refractivity contribution in [3.05, 3.63) is 24.0 Å². The second-order valence-electron chi connectivity index (χ2n) is 2.60. The molecule has 5 nitrogen and oxygen atoms in total. The minimum absolute atomic E-state index is 0.448. The number of nitrogens with one attached hydrogen (secondary N) is 3. The normalized spacial score (nSPS) is 11.6. The summed E-state index contributed by atoms with van der Waals surface area (Å²) in [6.45, 7) is 1.20. The second-order valence-corrected chi connectivity index (χ2v) is 2.60. The lowest BCUT2D eigenvalue weighted by Gasteiger charge is -2.02. The molecule has 0 aliphatic rings. The predicted molar refractivity (Wildman–Crippen MR) is 53.2 cm³/mol. The zero-order valence-corrected chi connectivity index (χ0v) is 7.67. The Morgan fingerprint density at radius 1 is 1.69 bits per heavy atom. The van der Waals surface area contributed by atoms with Gasteiger partial charge in [-0.3, -0.25) is 0 Å². The summed E-state index contributed by atoms with van der Waals surface area (Å²) in [7, 11) is 1.84. The van der Waals surface area contributed by atoms with Crippen molar-refractivity contribution in [3.63, 3.8) is 0 Å². The van der Waals surface area contributed by atoms with E-state index in [1.165, 1.54) is 0 Å². The standard InChI is InChI=1S/C8H15N5/c1-10-6-13-8(9)12-5-7-3-2-4-11-7/h2-4,10-11H,5-6H2,1H3,(H3,9,12,13). The van der Waals surface area contributed by atoms with Crippen LogP contribution in [0.15, 0.2) is 23.3 Å². The zero-order valence-electron chi connectivity index (χ0n) is 7.67. The number of aromatic amines is 1.